The lowest BCUT2D eigenvalue weighted by Crippen LogP contribution is -2.30. The second-order valence-corrected chi connectivity index (χ2v) is 4.98. The van der Waals surface area contributed by atoms with Crippen LogP contribution in [0.1, 0.15) is 32.0 Å². The van der Waals surface area contributed by atoms with Crippen LogP contribution >= 0.6 is 11.8 Å². The fraction of sp³-hybridized carbons (Fsp3) is 0.727. The van der Waals surface area contributed by atoms with Crippen molar-refractivity contribution in [1.82, 2.24) is 15.0 Å². The fourth-order valence-corrected chi connectivity index (χ4v) is 2.01. The van der Waals surface area contributed by atoms with Crippen molar-refractivity contribution in [2.45, 2.75) is 33.7 Å². The molecule has 0 aliphatic carbocycles. The van der Waals surface area contributed by atoms with E-state index in [9.17, 15) is 4.79 Å². The predicted molar refractivity (Wildman–Crippen MR) is 67.7 cm³/mol. The largest absolute Gasteiger partial charge is 0.337 e. The van der Waals surface area contributed by atoms with Crippen LogP contribution < -0.4 is 0 Å². The summed E-state index contributed by atoms with van der Waals surface area (Å²) in [5.74, 6) is 3.16. The van der Waals surface area contributed by atoms with Gasteiger partial charge in [0.05, 0.1) is 6.54 Å². The smallest absolute Gasteiger partial charge is 0.246 e. The van der Waals surface area contributed by atoms with Gasteiger partial charge >= 0.3 is 0 Å². The molecule has 96 valence electrons. The number of nitrogens with zero attached hydrogens (tertiary/aromatic N) is 3. The molecule has 0 saturated carbocycles. The molecule has 1 amide bonds. The van der Waals surface area contributed by atoms with Gasteiger partial charge in [-0.2, -0.15) is 16.7 Å². The highest BCUT2D eigenvalue weighted by Crippen LogP contribution is 2.07. The summed E-state index contributed by atoms with van der Waals surface area (Å²) in [6, 6.07) is 0. The van der Waals surface area contributed by atoms with E-state index in [1.807, 2.05) is 6.92 Å². The Hall–Kier alpha value is -1.04. The SMILES string of the molecule is CCSCCC(=O)N(CC)Cc1nc(C)no1. The van der Waals surface area contributed by atoms with Crippen LogP contribution in [0.3, 0.4) is 0 Å². The van der Waals surface area contributed by atoms with Crippen molar-refractivity contribution in [2.24, 2.45) is 0 Å². The van der Waals surface area contributed by atoms with Crippen molar-refractivity contribution in [2.75, 3.05) is 18.1 Å². The lowest BCUT2D eigenvalue weighted by Gasteiger charge is -2.18. The lowest BCUT2D eigenvalue weighted by molar-refractivity contribution is -0.131. The van der Waals surface area contributed by atoms with E-state index in [1.165, 1.54) is 0 Å². The molecule has 0 aliphatic heterocycles. The molecule has 0 radical (unpaired) electrons. The molecule has 0 aromatic carbocycles. The zero-order valence-corrected chi connectivity index (χ0v) is 11.4. The second kappa shape index (κ2) is 7.32. The number of thioether (sulfide) groups is 1. The first-order valence-electron chi connectivity index (χ1n) is 5.82. The van der Waals surface area contributed by atoms with Crippen molar-refractivity contribution >= 4 is 17.7 Å². The van der Waals surface area contributed by atoms with Crippen LogP contribution in [0.15, 0.2) is 4.52 Å². The third kappa shape index (κ3) is 4.77. The topological polar surface area (TPSA) is 59.2 Å². The van der Waals surface area contributed by atoms with Crippen LogP contribution in [-0.4, -0.2) is 39.0 Å². The minimum atomic E-state index is 0.143. The zero-order chi connectivity index (χ0) is 12.7. The van der Waals surface area contributed by atoms with Crippen molar-refractivity contribution in [3.63, 3.8) is 0 Å². The van der Waals surface area contributed by atoms with Gasteiger partial charge in [-0.15, -0.1) is 0 Å². The summed E-state index contributed by atoms with van der Waals surface area (Å²) in [5.41, 5.74) is 0. The van der Waals surface area contributed by atoms with Crippen molar-refractivity contribution in [3.8, 4) is 0 Å². The number of carbonyl (C=O) groups excluding carboxylic acids is 1. The van der Waals surface area contributed by atoms with Gasteiger partial charge in [-0.3, -0.25) is 4.79 Å². The van der Waals surface area contributed by atoms with Gasteiger partial charge in [-0.05, 0) is 19.6 Å². The molecular formula is C11H19N3O2S. The first-order chi connectivity index (χ1) is 8.17. The monoisotopic (exact) mass is 257 g/mol. The molecule has 1 rings (SSSR count). The summed E-state index contributed by atoms with van der Waals surface area (Å²) in [5, 5.41) is 3.71. The molecular weight excluding hydrogens is 238 g/mol. The molecule has 0 saturated heterocycles. The molecule has 0 spiro atoms. The van der Waals surface area contributed by atoms with Crippen molar-refractivity contribution in [3.05, 3.63) is 11.7 Å². The molecule has 0 atom stereocenters. The van der Waals surface area contributed by atoms with E-state index in [0.717, 1.165) is 11.5 Å². The summed E-state index contributed by atoms with van der Waals surface area (Å²) in [6.45, 7) is 6.88. The Morgan fingerprint density at radius 2 is 2.24 bits per heavy atom. The molecule has 0 bridgehead atoms. The van der Waals surface area contributed by atoms with E-state index in [1.54, 1.807) is 23.6 Å². The van der Waals surface area contributed by atoms with Crippen LogP contribution in [0.2, 0.25) is 0 Å². The van der Waals surface area contributed by atoms with Crippen molar-refractivity contribution < 1.29 is 9.32 Å². The molecule has 1 heterocycles. The quantitative estimate of drug-likeness (QED) is 0.698. The predicted octanol–water partition coefficient (Wildman–Crippen LogP) is 1.87. The van der Waals surface area contributed by atoms with Gasteiger partial charge in [0, 0.05) is 18.7 Å². The molecule has 0 N–H and O–H groups in total. The minimum Gasteiger partial charge on any atom is -0.337 e. The van der Waals surface area contributed by atoms with E-state index < -0.39 is 0 Å². The third-order valence-electron chi connectivity index (χ3n) is 2.29. The molecule has 1 aromatic heterocycles. The highest BCUT2D eigenvalue weighted by Gasteiger charge is 2.14. The van der Waals surface area contributed by atoms with E-state index >= 15 is 0 Å². The number of rotatable bonds is 7. The molecule has 0 fully saturated rings. The Kier molecular flexibility index (Phi) is 6.04. The Morgan fingerprint density at radius 1 is 1.47 bits per heavy atom. The van der Waals surface area contributed by atoms with Gasteiger partial charge < -0.3 is 9.42 Å². The summed E-state index contributed by atoms with van der Waals surface area (Å²) >= 11 is 1.78. The summed E-state index contributed by atoms with van der Waals surface area (Å²) in [6.07, 6.45) is 0.569. The Balaban J connectivity index is 2.44. The third-order valence-corrected chi connectivity index (χ3v) is 3.20. The summed E-state index contributed by atoms with van der Waals surface area (Å²) in [7, 11) is 0. The molecule has 1 aromatic rings. The van der Waals surface area contributed by atoms with E-state index in [-0.39, 0.29) is 5.91 Å². The Morgan fingerprint density at radius 3 is 2.76 bits per heavy atom. The van der Waals surface area contributed by atoms with Gasteiger partial charge in [0.15, 0.2) is 5.82 Å². The van der Waals surface area contributed by atoms with Gasteiger partial charge in [0.1, 0.15) is 0 Å². The molecule has 5 nitrogen and oxygen atoms in total. The molecule has 6 heteroatoms. The first kappa shape index (κ1) is 14.0. The molecule has 17 heavy (non-hydrogen) atoms. The molecule has 0 aliphatic rings. The van der Waals surface area contributed by atoms with E-state index in [0.29, 0.717) is 31.2 Å². The summed E-state index contributed by atoms with van der Waals surface area (Å²) < 4.78 is 5.01. The van der Waals surface area contributed by atoms with Crippen LogP contribution in [0.5, 0.6) is 0 Å². The number of aromatic nitrogens is 2. The number of amides is 1. The standard InChI is InChI=1S/C11H19N3O2S/c1-4-14(11(15)6-7-17-5-2)8-10-12-9(3)13-16-10/h4-8H2,1-3H3. The summed E-state index contributed by atoms with van der Waals surface area (Å²) in [4.78, 5) is 17.7. The van der Waals surface area contributed by atoms with E-state index in [4.69, 9.17) is 4.52 Å². The second-order valence-electron chi connectivity index (χ2n) is 3.59. The average Bonchev–Trinajstić information content (AvgIpc) is 2.72. The van der Waals surface area contributed by atoms with Gasteiger partial charge in [-0.1, -0.05) is 12.1 Å². The van der Waals surface area contributed by atoms with Gasteiger partial charge in [0.2, 0.25) is 11.8 Å². The van der Waals surface area contributed by atoms with Crippen LogP contribution in [0.25, 0.3) is 0 Å². The maximum Gasteiger partial charge on any atom is 0.246 e. The Bertz CT molecular complexity index is 354. The van der Waals surface area contributed by atoms with E-state index in [2.05, 4.69) is 17.1 Å². The number of hydrogen-bond donors (Lipinski definition) is 0. The Labute approximate surface area is 106 Å². The minimum absolute atomic E-state index is 0.143. The molecule has 0 unspecified atom stereocenters. The van der Waals surface area contributed by atoms with Crippen LogP contribution in [-0.2, 0) is 11.3 Å². The highest BCUT2D eigenvalue weighted by molar-refractivity contribution is 7.99. The fourth-order valence-electron chi connectivity index (χ4n) is 1.41. The first-order valence-corrected chi connectivity index (χ1v) is 6.97. The zero-order valence-electron chi connectivity index (χ0n) is 10.6. The number of carbonyl (C=O) groups is 1. The van der Waals surface area contributed by atoms with Gasteiger partial charge in [0.25, 0.3) is 0 Å². The average molecular weight is 257 g/mol. The highest BCUT2D eigenvalue weighted by atomic mass is 32.2. The number of hydrogen-bond acceptors (Lipinski definition) is 5. The number of aryl methyl sites for hydroxylation is 1. The maximum absolute atomic E-state index is 11.9. The normalized spacial score (nSPS) is 10.5. The van der Waals surface area contributed by atoms with Crippen LogP contribution in [0.4, 0.5) is 0 Å². The van der Waals surface area contributed by atoms with Crippen molar-refractivity contribution in [1.29, 1.82) is 0 Å². The lowest BCUT2D eigenvalue weighted by atomic mass is 10.3. The maximum atomic E-state index is 11.9. The van der Waals surface area contributed by atoms with Crippen LogP contribution in [0, 0.1) is 6.92 Å². The van der Waals surface area contributed by atoms with Gasteiger partial charge in [-0.25, -0.2) is 0 Å².